The predicted octanol–water partition coefficient (Wildman–Crippen LogP) is 3.20. The summed E-state index contributed by atoms with van der Waals surface area (Å²) in [6, 6.07) is 7.59. The van der Waals surface area contributed by atoms with E-state index in [4.69, 9.17) is 10.5 Å². The number of para-hydroxylation sites is 2. The minimum Gasteiger partial charge on any atom is -0.495 e. The van der Waals surface area contributed by atoms with Gasteiger partial charge < -0.3 is 15.4 Å². The molecule has 0 aliphatic carbocycles. The lowest BCUT2D eigenvalue weighted by molar-refractivity contribution is -0.118. The van der Waals surface area contributed by atoms with Crippen molar-refractivity contribution in [3.8, 4) is 5.75 Å². The van der Waals surface area contributed by atoms with E-state index >= 15 is 0 Å². The summed E-state index contributed by atoms with van der Waals surface area (Å²) in [5.41, 5.74) is 6.46. The largest absolute Gasteiger partial charge is 0.495 e. The standard InChI is InChI=1S/C17H28N2O2/c1-4-7-14(12-13-18)10-11-17(20)19(2)15-8-5-6-9-16(15)21-3/h5-6,8-9,14H,4,7,10-13,18H2,1-3H3. The van der Waals surface area contributed by atoms with Crippen LogP contribution in [0, 0.1) is 5.92 Å². The molecule has 0 aromatic heterocycles. The lowest BCUT2D eigenvalue weighted by atomic mass is 9.94. The maximum Gasteiger partial charge on any atom is 0.226 e. The van der Waals surface area contributed by atoms with Gasteiger partial charge in [0.2, 0.25) is 5.91 Å². The summed E-state index contributed by atoms with van der Waals surface area (Å²) in [4.78, 5) is 14.0. The number of hydrogen-bond donors (Lipinski definition) is 1. The molecular weight excluding hydrogens is 264 g/mol. The lowest BCUT2D eigenvalue weighted by Gasteiger charge is -2.21. The lowest BCUT2D eigenvalue weighted by Crippen LogP contribution is -2.27. The number of rotatable bonds is 9. The van der Waals surface area contributed by atoms with Gasteiger partial charge in [0.25, 0.3) is 0 Å². The first-order valence-electron chi connectivity index (χ1n) is 7.73. The first kappa shape index (κ1) is 17.5. The van der Waals surface area contributed by atoms with Crippen LogP contribution in [-0.2, 0) is 4.79 Å². The van der Waals surface area contributed by atoms with Crippen LogP contribution in [0.5, 0.6) is 5.75 Å². The summed E-state index contributed by atoms with van der Waals surface area (Å²) in [6.45, 7) is 2.87. The Hall–Kier alpha value is -1.55. The van der Waals surface area contributed by atoms with Crippen LogP contribution < -0.4 is 15.4 Å². The van der Waals surface area contributed by atoms with Crippen LogP contribution in [0.4, 0.5) is 5.69 Å². The Kier molecular flexibility index (Phi) is 7.83. The predicted molar refractivity (Wildman–Crippen MR) is 87.7 cm³/mol. The van der Waals surface area contributed by atoms with E-state index < -0.39 is 0 Å². The number of carbonyl (C=O) groups is 1. The van der Waals surface area contributed by atoms with E-state index in [9.17, 15) is 4.79 Å². The van der Waals surface area contributed by atoms with Gasteiger partial charge in [0.05, 0.1) is 12.8 Å². The van der Waals surface area contributed by atoms with Crippen molar-refractivity contribution >= 4 is 11.6 Å². The number of methoxy groups -OCH3 is 1. The van der Waals surface area contributed by atoms with Gasteiger partial charge in [0, 0.05) is 13.5 Å². The molecule has 1 aromatic carbocycles. The average molecular weight is 292 g/mol. The fourth-order valence-electron chi connectivity index (χ4n) is 2.61. The fraction of sp³-hybridized carbons (Fsp3) is 0.588. The zero-order valence-electron chi connectivity index (χ0n) is 13.5. The Labute approximate surface area is 128 Å². The minimum atomic E-state index is 0.123. The highest BCUT2D eigenvalue weighted by molar-refractivity contribution is 5.94. The van der Waals surface area contributed by atoms with Gasteiger partial charge in [-0.05, 0) is 37.4 Å². The molecule has 0 saturated heterocycles. The number of ether oxygens (including phenoxy) is 1. The third-order valence-corrected chi connectivity index (χ3v) is 3.86. The number of benzene rings is 1. The molecule has 0 aliphatic heterocycles. The number of carbonyl (C=O) groups excluding carboxylic acids is 1. The second kappa shape index (κ2) is 9.40. The third-order valence-electron chi connectivity index (χ3n) is 3.86. The summed E-state index contributed by atoms with van der Waals surface area (Å²) < 4.78 is 5.31. The molecule has 2 N–H and O–H groups in total. The molecule has 0 radical (unpaired) electrons. The molecule has 21 heavy (non-hydrogen) atoms. The Balaban J connectivity index is 2.61. The summed E-state index contributed by atoms with van der Waals surface area (Å²) in [7, 11) is 3.42. The average Bonchev–Trinajstić information content (AvgIpc) is 2.52. The van der Waals surface area contributed by atoms with Crippen molar-refractivity contribution in [3.05, 3.63) is 24.3 Å². The van der Waals surface area contributed by atoms with Gasteiger partial charge in [-0.2, -0.15) is 0 Å². The number of nitrogens with two attached hydrogens (primary N) is 1. The first-order chi connectivity index (χ1) is 10.1. The highest BCUT2D eigenvalue weighted by atomic mass is 16.5. The summed E-state index contributed by atoms with van der Waals surface area (Å²) >= 11 is 0. The van der Waals surface area contributed by atoms with E-state index in [2.05, 4.69) is 6.92 Å². The van der Waals surface area contributed by atoms with Gasteiger partial charge in [-0.1, -0.05) is 31.9 Å². The molecule has 4 nitrogen and oxygen atoms in total. The highest BCUT2D eigenvalue weighted by Gasteiger charge is 2.16. The van der Waals surface area contributed by atoms with E-state index in [0.29, 0.717) is 18.9 Å². The van der Waals surface area contributed by atoms with E-state index in [-0.39, 0.29) is 5.91 Å². The quantitative estimate of drug-likeness (QED) is 0.760. The normalized spacial score (nSPS) is 12.0. The number of nitrogens with zero attached hydrogens (tertiary/aromatic N) is 1. The van der Waals surface area contributed by atoms with E-state index in [1.807, 2.05) is 24.3 Å². The second-order valence-electron chi connectivity index (χ2n) is 5.40. The van der Waals surface area contributed by atoms with Crippen molar-refractivity contribution in [3.63, 3.8) is 0 Å². The molecule has 1 amide bonds. The zero-order chi connectivity index (χ0) is 15.7. The summed E-state index contributed by atoms with van der Waals surface area (Å²) in [6.07, 6.45) is 4.74. The molecule has 0 fully saturated rings. The van der Waals surface area contributed by atoms with Crippen LogP contribution in [0.15, 0.2) is 24.3 Å². The summed E-state index contributed by atoms with van der Waals surface area (Å²) in [5.74, 6) is 1.40. The van der Waals surface area contributed by atoms with Gasteiger partial charge in [-0.15, -0.1) is 0 Å². The number of hydrogen-bond acceptors (Lipinski definition) is 3. The molecule has 0 bridgehead atoms. The van der Waals surface area contributed by atoms with Crippen LogP contribution >= 0.6 is 0 Å². The monoisotopic (exact) mass is 292 g/mol. The van der Waals surface area contributed by atoms with Crippen LogP contribution in [0.1, 0.15) is 39.0 Å². The van der Waals surface area contributed by atoms with Gasteiger partial charge >= 0.3 is 0 Å². The Morgan fingerprint density at radius 3 is 2.62 bits per heavy atom. The van der Waals surface area contributed by atoms with Crippen molar-refractivity contribution in [2.75, 3.05) is 25.6 Å². The van der Waals surface area contributed by atoms with Crippen LogP contribution in [0.2, 0.25) is 0 Å². The van der Waals surface area contributed by atoms with Crippen LogP contribution in [-0.4, -0.2) is 26.6 Å². The Morgan fingerprint density at radius 1 is 1.29 bits per heavy atom. The molecular formula is C17H28N2O2. The molecule has 0 saturated carbocycles. The first-order valence-corrected chi connectivity index (χ1v) is 7.73. The highest BCUT2D eigenvalue weighted by Crippen LogP contribution is 2.27. The number of anilines is 1. The Morgan fingerprint density at radius 2 is 2.00 bits per heavy atom. The zero-order valence-corrected chi connectivity index (χ0v) is 13.5. The van der Waals surface area contributed by atoms with Gasteiger partial charge in [0.1, 0.15) is 5.75 Å². The van der Waals surface area contributed by atoms with E-state index in [1.54, 1.807) is 19.1 Å². The SMILES string of the molecule is CCCC(CCN)CCC(=O)N(C)c1ccccc1OC. The van der Waals surface area contributed by atoms with Crippen molar-refractivity contribution in [2.24, 2.45) is 11.7 Å². The number of amides is 1. The smallest absolute Gasteiger partial charge is 0.226 e. The molecule has 0 heterocycles. The molecule has 4 heteroatoms. The van der Waals surface area contributed by atoms with Gasteiger partial charge in [0.15, 0.2) is 0 Å². The molecule has 1 atom stereocenters. The maximum absolute atomic E-state index is 12.4. The second-order valence-corrected chi connectivity index (χ2v) is 5.40. The summed E-state index contributed by atoms with van der Waals surface area (Å²) in [5, 5.41) is 0. The van der Waals surface area contributed by atoms with Gasteiger partial charge in [-0.3, -0.25) is 4.79 Å². The van der Waals surface area contributed by atoms with Gasteiger partial charge in [-0.25, -0.2) is 0 Å². The van der Waals surface area contributed by atoms with Crippen molar-refractivity contribution < 1.29 is 9.53 Å². The van der Waals surface area contributed by atoms with Crippen molar-refractivity contribution in [2.45, 2.75) is 39.0 Å². The fourth-order valence-corrected chi connectivity index (χ4v) is 2.61. The topological polar surface area (TPSA) is 55.6 Å². The van der Waals surface area contributed by atoms with E-state index in [0.717, 1.165) is 37.1 Å². The third kappa shape index (κ3) is 5.38. The van der Waals surface area contributed by atoms with Crippen molar-refractivity contribution in [1.29, 1.82) is 0 Å². The molecule has 0 spiro atoms. The van der Waals surface area contributed by atoms with Crippen LogP contribution in [0.3, 0.4) is 0 Å². The molecule has 0 aliphatic rings. The molecule has 1 rings (SSSR count). The minimum absolute atomic E-state index is 0.123. The van der Waals surface area contributed by atoms with Crippen molar-refractivity contribution in [1.82, 2.24) is 0 Å². The van der Waals surface area contributed by atoms with Crippen LogP contribution in [0.25, 0.3) is 0 Å². The Bertz CT molecular complexity index is 429. The maximum atomic E-state index is 12.4. The molecule has 1 aromatic rings. The molecule has 1 unspecified atom stereocenters. The molecule has 118 valence electrons. The van der Waals surface area contributed by atoms with E-state index in [1.165, 1.54) is 0 Å².